The molecule has 0 saturated carbocycles. The molecule has 1 aromatic heterocycles. The van der Waals surface area contributed by atoms with Crippen molar-refractivity contribution in [2.75, 3.05) is 0 Å². The first kappa shape index (κ1) is 13.7. The molecule has 0 aliphatic heterocycles. The largest absolute Gasteiger partial charge is 0.350 e. The van der Waals surface area contributed by atoms with Gasteiger partial charge in [0.2, 0.25) is 0 Å². The average molecular weight is 299 g/mol. The van der Waals surface area contributed by atoms with Crippen LogP contribution in [-0.4, -0.2) is 10.9 Å². The SMILES string of the molecule is Cc1ccccc1CNC(=O)c1cc2ccc(Cl)cc2[nH]1. The molecular weight excluding hydrogens is 284 g/mol. The first-order valence-electron chi connectivity index (χ1n) is 6.74. The lowest BCUT2D eigenvalue weighted by Crippen LogP contribution is -2.23. The monoisotopic (exact) mass is 298 g/mol. The number of aromatic amines is 1. The molecule has 0 atom stereocenters. The number of rotatable bonds is 3. The molecule has 2 N–H and O–H groups in total. The van der Waals surface area contributed by atoms with E-state index in [9.17, 15) is 4.79 Å². The van der Waals surface area contributed by atoms with Crippen LogP contribution in [0.5, 0.6) is 0 Å². The maximum Gasteiger partial charge on any atom is 0.267 e. The van der Waals surface area contributed by atoms with Gasteiger partial charge in [-0.25, -0.2) is 0 Å². The number of halogens is 1. The molecule has 0 saturated heterocycles. The van der Waals surface area contributed by atoms with Crippen LogP contribution in [0.25, 0.3) is 10.9 Å². The van der Waals surface area contributed by atoms with E-state index >= 15 is 0 Å². The van der Waals surface area contributed by atoms with E-state index in [-0.39, 0.29) is 5.91 Å². The lowest BCUT2D eigenvalue weighted by atomic mass is 10.1. The highest BCUT2D eigenvalue weighted by atomic mass is 35.5. The van der Waals surface area contributed by atoms with Crippen LogP contribution in [0.4, 0.5) is 0 Å². The lowest BCUT2D eigenvalue weighted by Gasteiger charge is -2.06. The minimum atomic E-state index is -0.120. The number of benzene rings is 2. The molecule has 0 fully saturated rings. The number of fused-ring (bicyclic) bond motifs is 1. The number of carbonyl (C=O) groups is 1. The summed E-state index contributed by atoms with van der Waals surface area (Å²) in [7, 11) is 0. The molecule has 0 bridgehead atoms. The second kappa shape index (κ2) is 5.62. The normalized spacial score (nSPS) is 10.8. The molecule has 0 unspecified atom stereocenters. The predicted octanol–water partition coefficient (Wildman–Crippen LogP) is 4.06. The number of amides is 1. The minimum absolute atomic E-state index is 0.120. The highest BCUT2D eigenvalue weighted by molar-refractivity contribution is 6.31. The highest BCUT2D eigenvalue weighted by Gasteiger charge is 2.09. The maximum absolute atomic E-state index is 12.2. The van der Waals surface area contributed by atoms with Crippen LogP contribution in [0.3, 0.4) is 0 Å². The fourth-order valence-electron chi connectivity index (χ4n) is 2.30. The van der Waals surface area contributed by atoms with Crippen molar-refractivity contribution in [1.82, 2.24) is 10.3 Å². The molecule has 106 valence electrons. The van der Waals surface area contributed by atoms with Crippen molar-refractivity contribution in [1.29, 1.82) is 0 Å². The molecule has 0 aliphatic carbocycles. The Balaban J connectivity index is 1.76. The van der Waals surface area contributed by atoms with Gasteiger partial charge < -0.3 is 10.3 Å². The Kier molecular flexibility index (Phi) is 3.67. The summed E-state index contributed by atoms with van der Waals surface area (Å²) in [6, 6.07) is 15.4. The molecule has 3 aromatic rings. The number of carbonyl (C=O) groups excluding carboxylic acids is 1. The van der Waals surface area contributed by atoms with E-state index in [1.54, 1.807) is 0 Å². The molecule has 1 heterocycles. The Morgan fingerprint density at radius 1 is 1.19 bits per heavy atom. The van der Waals surface area contributed by atoms with E-state index in [0.717, 1.165) is 16.5 Å². The van der Waals surface area contributed by atoms with Gasteiger partial charge in [0, 0.05) is 22.5 Å². The van der Waals surface area contributed by atoms with Gasteiger partial charge in [-0.2, -0.15) is 0 Å². The predicted molar refractivity (Wildman–Crippen MR) is 85.7 cm³/mol. The fourth-order valence-corrected chi connectivity index (χ4v) is 2.47. The topological polar surface area (TPSA) is 44.9 Å². The van der Waals surface area contributed by atoms with Gasteiger partial charge in [-0.1, -0.05) is 41.9 Å². The number of nitrogens with one attached hydrogen (secondary N) is 2. The zero-order valence-corrected chi connectivity index (χ0v) is 12.4. The summed E-state index contributed by atoms with van der Waals surface area (Å²) >= 11 is 5.95. The fraction of sp³-hybridized carbons (Fsp3) is 0.118. The Hall–Kier alpha value is -2.26. The van der Waals surface area contributed by atoms with Crippen LogP contribution in [0.2, 0.25) is 5.02 Å². The van der Waals surface area contributed by atoms with Crippen LogP contribution in [-0.2, 0) is 6.54 Å². The molecule has 0 spiro atoms. The van der Waals surface area contributed by atoms with Gasteiger partial charge in [0.15, 0.2) is 0 Å². The Morgan fingerprint density at radius 2 is 2.00 bits per heavy atom. The first-order valence-corrected chi connectivity index (χ1v) is 7.12. The smallest absolute Gasteiger partial charge is 0.267 e. The average Bonchev–Trinajstić information content (AvgIpc) is 2.89. The molecule has 4 heteroatoms. The van der Waals surface area contributed by atoms with Crippen LogP contribution < -0.4 is 5.32 Å². The van der Waals surface area contributed by atoms with Crippen molar-refractivity contribution >= 4 is 28.4 Å². The first-order chi connectivity index (χ1) is 10.1. The highest BCUT2D eigenvalue weighted by Crippen LogP contribution is 2.20. The number of hydrogen-bond donors (Lipinski definition) is 2. The van der Waals surface area contributed by atoms with E-state index in [2.05, 4.69) is 10.3 Å². The Bertz CT molecular complexity index is 807. The quantitative estimate of drug-likeness (QED) is 0.752. The molecule has 21 heavy (non-hydrogen) atoms. The summed E-state index contributed by atoms with van der Waals surface area (Å²) in [5, 5.41) is 4.55. The Labute approximate surface area is 127 Å². The molecule has 0 aliphatic rings. The van der Waals surface area contributed by atoms with Gasteiger partial charge in [-0.05, 0) is 36.2 Å². The van der Waals surface area contributed by atoms with Gasteiger partial charge in [0.1, 0.15) is 5.69 Å². The van der Waals surface area contributed by atoms with Crippen molar-refractivity contribution in [2.24, 2.45) is 0 Å². The summed E-state index contributed by atoms with van der Waals surface area (Å²) in [6.07, 6.45) is 0. The van der Waals surface area contributed by atoms with Crippen LogP contribution >= 0.6 is 11.6 Å². The third-order valence-electron chi connectivity index (χ3n) is 3.53. The molecule has 0 radical (unpaired) electrons. The summed E-state index contributed by atoms with van der Waals surface area (Å²) in [5.74, 6) is -0.120. The van der Waals surface area contributed by atoms with Gasteiger partial charge in [-0.15, -0.1) is 0 Å². The van der Waals surface area contributed by atoms with Crippen LogP contribution in [0.15, 0.2) is 48.5 Å². The summed E-state index contributed by atoms with van der Waals surface area (Å²) in [4.78, 5) is 15.3. The number of aryl methyl sites for hydroxylation is 1. The van der Waals surface area contributed by atoms with Crippen LogP contribution in [0, 0.1) is 6.92 Å². The summed E-state index contributed by atoms with van der Waals surface area (Å²) in [6.45, 7) is 2.55. The minimum Gasteiger partial charge on any atom is -0.350 e. The second-order valence-electron chi connectivity index (χ2n) is 5.02. The second-order valence-corrected chi connectivity index (χ2v) is 5.46. The van der Waals surface area contributed by atoms with Crippen molar-refractivity contribution in [3.63, 3.8) is 0 Å². The summed E-state index contributed by atoms with van der Waals surface area (Å²) in [5.41, 5.74) is 3.69. The van der Waals surface area contributed by atoms with E-state index in [4.69, 9.17) is 11.6 Å². The zero-order valence-electron chi connectivity index (χ0n) is 11.6. The van der Waals surface area contributed by atoms with Crippen molar-refractivity contribution in [3.8, 4) is 0 Å². The van der Waals surface area contributed by atoms with Gasteiger partial charge in [0.25, 0.3) is 5.91 Å². The molecular formula is C17H15ClN2O. The van der Waals surface area contributed by atoms with E-state index in [1.807, 2.05) is 55.5 Å². The van der Waals surface area contributed by atoms with E-state index < -0.39 is 0 Å². The van der Waals surface area contributed by atoms with E-state index in [1.165, 1.54) is 5.56 Å². The van der Waals surface area contributed by atoms with E-state index in [0.29, 0.717) is 17.3 Å². The third-order valence-corrected chi connectivity index (χ3v) is 3.76. The molecule has 3 rings (SSSR count). The standard InChI is InChI=1S/C17H15ClN2O/c1-11-4-2-3-5-13(11)10-19-17(21)16-8-12-6-7-14(18)9-15(12)20-16/h2-9,20H,10H2,1H3,(H,19,21). The molecule has 1 amide bonds. The number of aromatic nitrogens is 1. The molecule has 2 aromatic carbocycles. The van der Waals surface area contributed by atoms with Gasteiger partial charge >= 0.3 is 0 Å². The van der Waals surface area contributed by atoms with Crippen molar-refractivity contribution in [2.45, 2.75) is 13.5 Å². The van der Waals surface area contributed by atoms with Gasteiger partial charge in [0.05, 0.1) is 0 Å². The summed E-state index contributed by atoms with van der Waals surface area (Å²) < 4.78 is 0. The number of H-pyrrole nitrogens is 1. The third kappa shape index (κ3) is 2.93. The van der Waals surface area contributed by atoms with Crippen molar-refractivity contribution in [3.05, 3.63) is 70.4 Å². The Morgan fingerprint density at radius 3 is 2.81 bits per heavy atom. The number of hydrogen-bond acceptors (Lipinski definition) is 1. The van der Waals surface area contributed by atoms with Gasteiger partial charge in [-0.3, -0.25) is 4.79 Å². The van der Waals surface area contributed by atoms with Crippen LogP contribution in [0.1, 0.15) is 21.6 Å². The zero-order chi connectivity index (χ0) is 14.8. The molecule has 3 nitrogen and oxygen atoms in total. The lowest BCUT2D eigenvalue weighted by molar-refractivity contribution is 0.0946. The maximum atomic E-state index is 12.2. The van der Waals surface area contributed by atoms with Crippen molar-refractivity contribution < 1.29 is 4.79 Å².